The number of hydrogen-bond donors (Lipinski definition) is 1. The molecule has 2 aliphatic heterocycles. The Kier molecular flexibility index (Phi) is 3.48. The lowest BCUT2D eigenvalue weighted by atomic mass is 10.1. The Bertz CT molecular complexity index is 536. The molecule has 2 atom stereocenters. The SMILES string of the molecule is [C-]#[N+]C(OC(C)=O)C1=C(C(=O)O)N2C(=O)C[C@H]2SC1. The van der Waals surface area contributed by atoms with E-state index in [-0.39, 0.29) is 28.3 Å². The van der Waals surface area contributed by atoms with E-state index in [4.69, 9.17) is 11.3 Å². The van der Waals surface area contributed by atoms with Crippen LogP contribution in [0, 0.1) is 6.57 Å². The maximum Gasteiger partial charge on any atom is 0.395 e. The molecule has 0 aromatic heterocycles. The summed E-state index contributed by atoms with van der Waals surface area (Å²) in [4.78, 5) is 38.0. The first-order chi connectivity index (χ1) is 8.95. The highest BCUT2D eigenvalue weighted by Crippen LogP contribution is 2.41. The third kappa shape index (κ3) is 2.29. The van der Waals surface area contributed by atoms with Crippen molar-refractivity contribution in [3.05, 3.63) is 22.7 Å². The Morgan fingerprint density at radius 3 is 2.79 bits per heavy atom. The number of carbonyl (C=O) groups excluding carboxylic acids is 2. The second-order valence-electron chi connectivity index (χ2n) is 4.00. The van der Waals surface area contributed by atoms with Gasteiger partial charge in [-0.3, -0.25) is 19.3 Å². The van der Waals surface area contributed by atoms with Gasteiger partial charge in [0.1, 0.15) is 5.70 Å². The largest absolute Gasteiger partial charge is 0.477 e. The molecule has 2 rings (SSSR count). The van der Waals surface area contributed by atoms with Crippen LogP contribution < -0.4 is 0 Å². The number of esters is 1. The molecule has 0 aliphatic carbocycles. The number of carboxylic acid groups (broad SMARTS) is 1. The molecule has 2 aliphatic rings. The van der Waals surface area contributed by atoms with Crippen LogP contribution in [-0.4, -0.2) is 45.2 Å². The number of hydrogen-bond acceptors (Lipinski definition) is 5. The fourth-order valence-electron chi connectivity index (χ4n) is 1.96. The lowest BCUT2D eigenvalue weighted by molar-refractivity contribution is -0.147. The standard InChI is InChI=1S/C11H10N2O5S/c1-5(14)18-10(12-2)6-4-19-8-3-7(15)13(8)9(6)11(16)17/h8,10H,3-4H2,1H3,(H,16,17)/t8-,10?/m1/s1. The topological polar surface area (TPSA) is 88.3 Å². The first kappa shape index (κ1) is 13.4. The van der Waals surface area contributed by atoms with Crippen molar-refractivity contribution in [1.29, 1.82) is 0 Å². The summed E-state index contributed by atoms with van der Waals surface area (Å²) in [5, 5.41) is 9.03. The summed E-state index contributed by atoms with van der Waals surface area (Å²) in [5.74, 6) is -1.98. The highest BCUT2D eigenvalue weighted by atomic mass is 32.2. The summed E-state index contributed by atoms with van der Waals surface area (Å²) in [6.07, 6.45) is -0.990. The summed E-state index contributed by atoms with van der Waals surface area (Å²) >= 11 is 1.37. The molecule has 100 valence electrons. The van der Waals surface area contributed by atoms with Gasteiger partial charge < -0.3 is 9.84 Å². The molecule has 1 amide bonds. The van der Waals surface area contributed by atoms with Gasteiger partial charge >= 0.3 is 18.2 Å². The van der Waals surface area contributed by atoms with Gasteiger partial charge in [-0.1, -0.05) is 0 Å². The lowest BCUT2D eigenvalue weighted by Gasteiger charge is -2.43. The van der Waals surface area contributed by atoms with E-state index in [2.05, 4.69) is 4.85 Å². The monoisotopic (exact) mass is 282 g/mol. The van der Waals surface area contributed by atoms with Gasteiger partial charge in [0.05, 0.1) is 17.4 Å². The van der Waals surface area contributed by atoms with Gasteiger partial charge in [-0.15, -0.1) is 11.8 Å². The van der Waals surface area contributed by atoms with Gasteiger partial charge in [0.2, 0.25) is 5.91 Å². The van der Waals surface area contributed by atoms with Crippen molar-refractivity contribution in [3.8, 4) is 0 Å². The van der Waals surface area contributed by atoms with Crippen molar-refractivity contribution < 1.29 is 24.2 Å². The Hall–Kier alpha value is -2.01. The Balaban J connectivity index is 2.41. The zero-order valence-electron chi connectivity index (χ0n) is 9.95. The molecule has 1 fully saturated rings. The molecular weight excluding hydrogens is 272 g/mol. The Morgan fingerprint density at radius 1 is 1.63 bits per heavy atom. The van der Waals surface area contributed by atoms with E-state index in [1.807, 2.05) is 0 Å². The van der Waals surface area contributed by atoms with Crippen LogP contribution in [0.5, 0.6) is 0 Å². The molecule has 0 aromatic rings. The first-order valence-corrected chi connectivity index (χ1v) is 6.44. The number of amides is 1. The fourth-order valence-corrected chi connectivity index (χ4v) is 3.24. The summed E-state index contributed by atoms with van der Waals surface area (Å²) in [6.45, 7) is 8.16. The molecule has 1 unspecified atom stereocenters. The number of fused-ring (bicyclic) bond motifs is 1. The zero-order chi connectivity index (χ0) is 14.2. The number of ether oxygens (including phenoxy) is 1. The second-order valence-corrected chi connectivity index (χ2v) is 5.17. The minimum absolute atomic E-state index is 0.159. The predicted molar refractivity (Wildman–Crippen MR) is 64.5 cm³/mol. The number of β-lactam (4-membered cyclic amide) rings is 1. The Labute approximate surface area is 113 Å². The molecule has 0 saturated carbocycles. The van der Waals surface area contributed by atoms with Crippen molar-refractivity contribution >= 4 is 29.6 Å². The third-order valence-electron chi connectivity index (χ3n) is 2.78. The van der Waals surface area contributed by atoms with E-state index in [1.54, 1.807) is 0 Å². The van der Waals surface area contributed by atoms with Gasteiger partial charge in [-0.25, -0.2) is 11.4 Å². The van der Waals surface area contributed by atoms with Crippen LogP contribution >= 0.6 is 11.8 Å². The Morgan fingerprint density at radius 2 is 2.32 bits per heavy atom. The normalized spacial score (nSPS) is 23.1. The number of nitrogens with zero attached hydrogens (tertiary/aromatic N) is 2. The maximum absolute atomic E-state index is 11.5. The van der Waals surface area contributed by atoms with E-state index in [1.165, 1.54) is 11.8 Å². The average Bonchev–Trinajstić information content (AvgIpc) is 2.33. The van der Waals surface area contributed by atoms with Gasteiger partial charge in [0, 0.05) is 12.7 Å². The number of rotatable bonds is 3. The average molecular weight is 282 g/mol. The summed E-state index contributed by atoms with van der Waals surface area (Å²) in [5.41, 5.74) is -0.0609. The number of carbonyl (C=O) groups is 3. The molecule has 7 nitrogen and oxygen atoms in total. The molecule has 0 aromatic carbocycles. The van der Waals surface area contributed by atoms with E-state index in [0.717, 1.165) is 11.8 Å². The van der Waals surface area contributed by atoms with E-state index in [9.17, 15) is 19.5 Å². The summed E-state index contributed by atoms with van der Waals surface area (Å²) in [6, 6.07) is 0. The van der Waals surface area contributed by atoms with Gasteiger partial charge in [0.15, 0.2) is 0 Å². The molecule has 19 heavy (non-hydrogen) atoms. The first-order valence-electron chi connectivity index (χ1n) is 5.39. The number of thioether (sulfide) groups is 1. The lowest BCUT2D eigenvalue weighted by Crippen LogP contribution is -2.54. The van der Waals surface area contributed by atoms with Crippen molar-refractivity contribution in [2.75, 3.05) is 5.75 Å². The molecule has 0 bridgehead atoms. The van der Waals surface area contributed by atoms with E-state index < -0.39 is 18.2 Å². The molecule has 0 spiro atoms. The van der Waals surface area contributed by atoms with Gasteiger partial charge in [0.25, 0.3) is 0 Å². The van der Waals surface area contributed by atoms with Crippen LogP contribution in [0.2, 0.25) is 0 Å². The molecule has 2 heterocycles. The second kappa shape index (κ2) is 4.93. The van der Waals surface area contributed by atoms with Crippen molar-refractivity contribution in [2.24, 2.45) is 0 Å². The highest BCUT2D eigenvalue weighted by Gasteiger charge is 2.48. The summed E-state index contributed by atoms with van der Waals surface area (Å²) < 4.78 is 4.80. The minimum atomic E-state index is -1.29. The van der Waals surface area contributed by atoms with Crippen LogP contribution in [0.25, 0.3) is 4.85 Å². The number of carboxylic acids is 1. The van der Waals surface area contributed by atoms with Gasteiger partial charge in [-0.05, 0) is 0 Å². The van der Waals surface area contributed by atoms with Crippen LogP contribution in [0.3, 0.4) is 0 Å². The summed E-state index contributed by atoms with van der Waals surface area (Å²) in [7, 11) is 0. The predicted octanol–water partition coefficient (Wildman–Crippen LogP) is 0.439. The highest BCUT2D eigenvalue weighted by molar-refractivity contribution is 8.00. The van der Waals surface area contributed by atoms with E-state index in [0.29, 0.717) is 6.42 Å². The molecule has 8 heteroatoms. The maximum atomic E-state index is 11.5. The molecule has 1 saturated heterocycles. The van der Waals surface area contributed by atoms with Gasteiger partial charge in [-0.2, -0.15) is 0 Å². The zero-order valence-corrected chi connectivity index (χ0v) is 10.8. The smallest absolute Gasteiger partial charge is 0.395 e. The quantitative estimate of drug-likeness (QED) is 0.459. The number of aliphatic carboxylic acids is 1. The fraction of sp³-hybridized carbons (Fsp3) is 0.455. The molecule has 1 N–H and O–H groups in total. The third-order valence-corrected chi connectivity index (χ3v) is 4.02. The van der Waals surface area contributed by atoms with Crippen molar-refractivity contribution in [2.45, 2.75) is 24.9 Å². The molecule has 0 radical (unpaired) electrons. The van der Waals surface area contributed by atoms with Crippen molar-refractivity contribution in [3.63, 3.8) is 0 Å². The van der Waals surface area contributed by atoms with Crippen LogP contribution in [0.1, 0.15) is 13.3 Å². The van der Waals surface area contributed by atoms with Crippen molar-refractivity contribution in [1.82, 2.24) is 4.90 Å². The van der Waals surface area contributed by atoms with Crippen LogP contribution in [0.15, 0.2) is 11.3 Å². The van der Waals surface area contributed by atoms with E-state index >= 15 is 0 Å². The molecular formula is C11H10N2O5S. The minimum Gasteiger partial charge on any atom is -0.477 e. The van der Waals surface area contributed by atoms with Crippen LogP contribution in [0.4, 0.5) is 0 Å². The van der Waals surface area contributed by atoms with Crippen LogP contribution in [-0.2, 0) is 19.1 Å².